The van der Waals surface area contributed by atoms with Gasteiger partial charge in [0.1, 0.15) is 4.21 Å². The van der Waals surface area contributed by atoms with E-state index in [1.54, 1.807) is 4.31 Å². The Kier molecular flexibility index (Phi) is 4.41. The van der Waals surface area contributed by atoms with Crippen molar-refractivity contribution >= 4 is 21.4 Å². The van der Waals surface area contributed by atoms with Crippen molar-refractivity contribution in [3.8, 4) is 0 Å². The molecule has 2 fully saturated rings. The summed E-state index contributed by atoms with van der Waals surface area (Å²) in [5.41, 5.74) is 0.881. The molecule has 6 heteroatoms. The van der Waals surface area contributed by atoms with Crippen LogP contribution in [-0.4, -0.2) is 38.4 Å². The molecule has 1 aliphatic carbocycles. The van der Waals surface area contributed by atoms with Crippen molar-refractivity contribution in [3.63, 3.8) is 0 Å². The SMILES string of the molecule is Cc1cc(C)c(S(=O)(=O)N2CCC(NCC3CC3)CC2)s1. The Morgan fingerprint density at radius 2 is 1.90 bits per heavy atom. The second-order valence-electron chi connectivity index (χ2n) is 6.36. The fourth-order valence-corrected chi connectivity index (χ4v) is 6.22. The summed E-state index contributed by atoms with van der Waals surface area (Å²) < 4.78 is 27.6. The van der Waals surface area contributed by atoms with Gasteiger partial charge < -0.3 is 5.32 Å². The number of hydrogen-bond donors (Lipinski definition) is 1. The predicted octanol–water partition coefficient (Wildman–Crippen LogP) is 2.52. The lowest BCUT2D eigenvalue weighted by Gasteiger charge is -2.31. The molecule has 21 heavy (non-hydrogen) atoms. The highest BCUT2D eigenvalue weighted by Gasteiger charge is 2.32. The standard InChI is InChI=1S/C15H24N2O2S2/c1-11-9-12(2)20-15(11)21(18,19)17-7-5-14(6-8-17)16-10-13-3-4-13/h9,13-14,16H,3-8,10H2,1-2H3. The van der Waals surface area contributed by atoms with Crippen LogP contribution in [0.5, 0.6) is 0 Å². The minimum Gasteiger partial charge on any atom is -0.314 e. The quantitative estimate of drug-likeness (QED) is 0.903. The molecule has 4 nitrogen and oxygen atoms in total. The van der Waals surface area contributed by atoms with Gasteiger partial charge in [-0.15, -0.1) is 11.3 Å². The Balaban J connectivity index is 1.61. The number of thiophene rings is 1. The lowest BCUT2D eigenvalue weighted by molar-refractivity contribution is 0.288. The number of aryl methyl sites for hydroxylation is 2. The van der Waals surface area contributed by atoms with E-state index in [4.69, 9.17) is 0 Å². The summed E-state index contributed by atoms with van der Waals surface area (Å²) >= 11 is 1.39. The second kappa shape index (κ2) is 5.99. The molecule has 1 aliphatic heterocycles. The molecule has 0 aromatic carbocycles. The molecule has 1 aromatic heterocycles. The van der Waals surface area contributed by atoms with E-state index in [1.807, 2.05) is 19.9 Å². The van der Waals surface area contributed by atoms with Crippen molar-refractivity contribution in [2.45, 2.75) is 49.8 Å². The van der Waals surface area contributed by atoms with Crippen molar-refractivity contribution in [2.75, 3.05) is 19.6 Å². The molecule has 0 radical (unpaired) electrons. The molecule has 0 spiro atoms. The van der Waals surface area contributed by atoms with Crippen LogP contribution in [0.25, 0.3) is 0 Å². The number of sulfonamides is 1. The number of nitrogens with one attached hydrogen (secondary N) is 1. The van der Waals surface area contributed by atoms with Crippen LogP contribution < -0.4 is 5.32 Å². The number of rotatable bonds is 5. The summed E-state index contributed by atoms with van der Waals surface area (Å²) in [5, 5.41) is 3.59. The highest BCUT2D eigenvalue weighted by atomic mass is 32.2. The van der Waals surface area contributed by atoms with Crippen LogP contribution in [-0.2, 0) is 10.0 Å². The third kappa shape index (κ3) is 3.50. The molecule has 1 aromatic rings. The van der Waals surface area contributed by atoms with E-state index in [9.17, 15) is 8.42 Å². The number of nitrogens with zero attached hydrogens (tertiary/aromatic N) is 1. The van der Waals surface area contributed by atoms with Crippen LogP contribution in [0.1, 0.15) is 36.1 Å². The van der Waals surface area contributed by atoms with Crippen molar-refractivity contribution in [3.05, 3.63) is 16.5 Å². The number of hydrogen-bond acceptors (Lipinski definition) is 4. The van der Waals surface area contributed by atoms with Gasteiger partial charge in [0.25, 0.3) is 10.0 Å². The van der Waals surface area contributed by atoms with E-state index >= 15 is 0 Å². The Bertz CT molecular complexity index is 597. The van der Waals surface area contributed by atoms with Gasteiger partial charge in [-0.3, -0.25) is 0 Å². The molecule has 0 amide bonds. The van der Waals surface area contributed by atoms with Gasteiger partial charge >= 0.3 is 0 Å². The van der Waals surface area contributed by atoms with Gasteiger partial charge in [0.15, 0.2) is 0 Å². The fraction of sp³-hybridized carbons (Fsp3) is 0.733. The summed E-state index contributed by atoms with van der Waals surface area (Å²) in [6.45, 7) is 6.24. The van der Waals surface area contributed by atoms with Crippen LogP contribution >= 0.6 is 11.3 Å². The van der Waals surface area contributed by atoms with Crippen LogP contribution in [0.15, 0.2) is 10.3 Å². The average Bonchev–Trinajstić information content (AvgIpc) is 3.21. The maximum atomic E-state index is 12.7. The third-order valence-corrected chi connectivity index (χ3v) is 8.08. The molecular weight excluding hydrogens is 304 g/mol. The van der Waals surface area contributed by atoms with Gasteiger partial charge in [0, 0.05) is 24.0 Å². The Hall–Kier alpha value is -0.430. The van der Waals surface area contributed by atoms with Crippen molar-refractivity contribution in [1.29, 1.82) is 0 Å². The summed E-state index contributed by atoms with van der Waals surface area (Å²) in [6.07, 6.45) is 4.57. The molecule has 1 saturated heterocycles. The van der Waals surface area contributed by atoms with Gasteiger partial charge in [-0.2, -0.15) is 4.31 Å². The first-order chi connectivity index (χ1) is 9.96. The molecule has 1 saturated carbocycles. The van der Waals surface area contributed by atoms with Gasteiger partial charge in [0.2, 0.25) is 0 Å². The maximum absolute atomic E-state index is 12.7. The first kappa shape index (κ1) is 15.5. The first-order valence-electron chi connectivity index (χ1n) is 7.77. The minimum absolute atomic E-state index is 0.489. The van der Waals surface area contributed by atoms with E-state index < -0.39 is 10.0 Å². The van der Waals surface area contributed by atoms with Crippen molar-refractivity contribution in [1.82, 2.24) is 9.62 Å². The Labute approximate surface area is 131 Å². The molecule has 2 heterocycles. The smallest absolute Gasteiger partial charge is 0.252 e. The van der Waals surface area contributed by atoms with Gasteiger partial charge in [-0.25, -0.2) is 8.42 Å². The predicted molar refractivity (Wildman–Crippen MR) is 86.3 cm³/mol. The second-order valence-corrected chi connectivity index (χ2v) is 9.75. The van der Waals surface area contributed by atoms with E-state index in [1.165, 1.54) is 24.2 Å². The highest BCUT2D eigenvalue weighted by Crippen LogP contribution is 2.31. The third-order valence-electron chi connectivity index (χ3n) is 4.42. The maximum Gasteiger partial charge on any atom is 0.252 e. The minimum atomic E-state index is -3.29. The van der Waals surface area contributed by atoms with Crippen LogP contribution in [0.2, 0.25) is 0 Å². The summed E-state index contributed by atoms with van der Waals surface area (Å²) in [4.78, 5) is 1.06. The lowest BCUT2D eigenvalue weighted by atomic mass is 10.1. The van der Waals surface area contributed by atoms with E-state index in [2.05, 4.69) is 5.32 Å². The zero-order valence-electron chi connectivity index (χ0n) is 12.8. The summed E-state index contributed by atoms with van der Waals surface area (Å²) in [7, 11) is -3.29. The van der Waals surface area contributed by atoms with Crippen molar-refractivity contribution in [2.24, 2.45) is 5.92 Å². The molecule has 0 unspecified atom stereocenters. The first-order valence-corrected chi connectivity index (χ1v) is 10.0. The Morgan fingerprint density at radius 3 is 2.43 bits per heavy atom. The average molecular weight is 329 g/mol. The number of piperidine rings is 1. The molecular formula is C15H24N2O2S2. The molecule has 0 atom stereocenters. The van der Waals surface area contributed by atoms with Crippen LogP contribution in [0, 0.1) is 19.8 Å². The van der Waals surface area contributed by atoms with Gasteiger partial charge in [-0.05, 0) is 63.6 Å². The molecule has 1 N–H and O–H groups in total. The zero-order valence-corrected chi connectivity index (χ0v) is 14.4. The topological polar surface area (TPSA) is 49.4 Å². The largest absolute Gasteiger partial charge is 0.314 e. The summed E-state index contributed by atoms with van der Waals surface area (Å²) in [5.74, 6) is 0.878. The zero-order chi connectivity index (χ0) is 15.0. The van der Waals surface area contributed by atoms with Gasteiger partial charge in [0.05, 0.1) is 0 Å². The van der Waals surface area contributed by atoms with E-state index in [0.29, 0.717) is 23.3 Å². The molecule has 2 aliphatic rings. The molecule has 3 rings (SSSR count). The normalized spacial score (nSPS) is 21.8. The van der Waals surface area contributed by atoms with Crippen molar-refractivity contribution < 1.29 is 8.42 Å². The molecule has 0 bridgehead atoms. The van der Waals surface area contributed by atoms with E-state index in [-0.39, 0.29) is 0 Å². The summed E-state index contributed by atoms with van der Waals surface area (Å²) in [6, 6.07) is 2.45. The molecule has 118 valence electrons. The lowest BCUT2D eigenvalue weighted by Crippen LogP contribution is -2.45. The van der Waals surface area contributed by atoms with Gasteiger partial charge in [-0.1, -0.05) is 0 Å². The highest BCUT2D eigenvalue weighted by molar-refractivity contribution is 7.91. The van der Waals surface area contributed by atoms with Crippen LogP contribution in [0.4, 0.5) is 0 Å². The van der Waals surface area contributed by atoms with E-state index in [0.717, 1.165) is 35.7 Å². The Morgan fingerprint density at radius 1 is 1.24 bits per heavy atom. The fourth-order valence-electron chi connectivity index (χ4n) is 2.95. The monoisotopic (exact) mass is 328 g/mol. The van der Waals surface area contributed by atoms with Crippen LogP contribution in [0.3, 0.4) is 0 Å².